The molecule has 26 heavy (non-hydrogen) atoms. The SMILES string of the molecule is C[C@@H]1CN(c2nc3ccccn3c(=O)c2/C=C(/C#N)C(N)=O)C[C@H](C)O1. The summed E-state index contributed by atoms with van der Waals surface area (Å²) in [4.78, 5) is 31.0. The molecule has 0 aliphatic carbocycles. The molecule has 1 saturated heterocycles. The van der Waals surface area contributed by atoms with E-state index < -0.39 is 5.91 Å². The third-order valence-electron chi connectivity index (χ3n) is 4.14. The lowest BCUT2D eigenvalue weighted by atomic mass is 10.1. The molecule has 0 bridgehead atoms. The summed E-state index contributed by atoms with van der Waals surface area (Å²) in [5.41, 5.74) is 5.21. The predicted octanol–water partition coefficient (Wildman–Crippen LogP) is 0.700. The summed E-state index contributed by atoms with van der Waals surface area (Å²) >= 11 is 0. The maximum atomic E-state index is 13.0. The second-order valence-electron chi connectivity index (χ2n) is 6.28. The Morgan fingerprint density at radius 3 is 2.69 bits per heavy atom. The van der Waals surface area contributed by atoms with E-state index in [1.54, 1.807) is 30.5 Å². The van der Waals surface area contributed by atoms with Gasteiger partial charge in [0, 0.05) is 19.3 Å². The smallest absolute Gasteiger partial charge is 0.267 e. The highest BCUT2D eigenvalue weighted by atomic mass is 16.5. The first kappa shape index (κ1) is 17.6. The number of hydrogen-bond acceptors (Lipinski definition) is 6. The van der Waals surface area contributed by atoms with Crippen LogP contribution in [0.15, 0.2) is 34.8 Å². The Bertz CT molecular complexity index is 978. The number of carbonyl (C=O) groups excluding carboxylic acids is 1. The van der Waals surface area contributed by atoms with Gasteiger partial charge < -0.3 is 15.4 Å². The lowest BCUT2D eigenvalue weighted by Crippen LogP contribution is -2.46. The van der Waals surface area contributed by atoms with E-state index in [1.807, 2.05) is 18.7 Å². The van der Waals surface area contributed by atoms with Crippen molar-refractivity contribution in [2.45, 2.75) is 26.1 Å². The first-order valence-electron chi connectivity index (χ1n) is 8.24. The van der Waals surface area contributed by atoms with Crippen LogP contribution in [0.4, 0.5) is 5.82 Å². The first-order valence-corrected chi connectivity index (χ1v) is 8.24. The minimum absolute atomic E-state index is 0.0433. The fourth-order valence-corrected chi connectivity index (χ4v) is 3.11. The van der Waals surface area contributed by atoms with Gasteiger partial charge >= 0.3 is 0 Å². The summed E-state index contributed by atoms with van der Waals surface area (Å²) in [5, 5.41) is 9.17. The van der Waals surface area contributed by atoms with Crippen molar-refractivity contribution >= 4 is 23.4 Å². The monoisotopic (exact) mass is 353 g/mol. The molecule has 2 N–H and O–H groups in total. The van der Waals surface area contributed by atoms with Gasteiger partial charge in [0.1, 0.15) is 23.1 Å². The first-order chi connectivity index (χ1) is 12.4. The number of nitrogens with zero attached hydrogens (tertiary/aromatic N) is 4. The van der Waals surface area contributed by atoms with Crippen molar-refractivity contribution < 1.29 is 9.53 Å². The highest BCUT2D eigenvalue weighted by Gasteiger charge is 2.26. The zero-order valence-electron chi connectivity index (χ0n) is 14.5. The maximum Gasteiger partial charge on any atom is 0.267 e. The van der Waals surface area contributed by atoms with Crippen LogP contribution in [0.2, 0.25) is 0 Å². The normalized spacial score (nSPS) is 20.8. The number of carbonyl (C=O) groups is 1. The van der Waals surface area contributed by atoms with Crippen LogP contribution in [0.5, 0.6) is 0 Å². The molecular weight excluding hydrogens is 334 g/mol. The van der Waals surface area contributed by atoms with Crippen LogP contribution >= 0.6 is 0 Å². The highest BCUT2D eigenvalue weighted by Crippen LogP contribution is 2.23. The van der Waals surface area contributed by atoms with Gasteiger partial charge in [-0.2, -0.15) is 5.26 Å². The molecular formula is C18H19N5O3. The number of fused-ring (bicyclic) bond motifs is 1. The molecule has 8 nitrogen and oxygen atoms in total. The van der Waals surface area contributed by atoms with Gasteiger partial charge in [-0.25, -0.2) is 4.98 Å². The summed E-state index contributed by atoms with van der Waals surface area (Å²) in [6, 6.07) is 6.96. The summed E-state index contributed by atoms with van der Waals surface area (Å²) in [5.74, 6) is -0.475. The number of anilines is 1. The third-order valence-corrected chi connectivity index (χ3v) is 4.14. The largest absolute Gasteiger partial charge is 0.372 e. The minimum atomic E-state index is -0.889. The van der Waals surface area contributed by atoms with E-state index in [-0.39, 0.29) is 28.9 Å². The number of nitrogens with two attached hydrogens (primary N) is 1. The van der Waals surface area contributed by atoms with E-state index in [1.165, 1.54) is 10.5 Å². The molecule has 1 fully saturated rings. The summed E-state index contributed by atoms with van der Waals surface area (Å²) < 4.78 is 7.11. The van der Waals surface area contributed by atoms with Gasteiger partial charge in [0.25, 0.3) is 11.5 Å². The topological polar surface area (TPSA) is 114 Å². The number of ether oxygens (including phenoxy) is 1. The Morgan fingerprint density at radius 2 is 2.08 bits per heavy atom. The van der Waals surface area contributed by atoms with E-state index >= 15 is 0 Å². The standard InChI is InChI=1S/C18H19N5O3/c1-11-9-22(10-12(2)26-11)17-14(7-13(8-19)16(20)24)18(25)23-6-4-3-5-15(23)21-17/h3-7,11-12H,9-10H2,1-2H3,(H2,20,24)/b13-7-/t11-,12+. The number of aromatic nitrogens is 2. The zero-order chi connectivity index (χ0) is 18.8. The molecule has 1 aliphatic rings. The molecule has 0 spiro atoms. The average molecular weight is 353 g/mol. The maximum absolute atomic E-state index is 13.0. The second-order valence-corrected chi connectivity index (χ2v) is 6.28. The number of morpholine rings is 1. The van der Waals surface area contributed by atoms with Crippen LogP contribution < -0.4 is 16.2 Å². The van der Waals surface area contributed by atoms with Crippen LogP contribution in [0.3, 0.4) is 0 Å². The van der Waals surface area contributed by atoms with E-state index in [0.717, 1.165) is 0 Å². The zero-order valence-corrected chi connectivity index (χ0v) is 14.5. The van der Waals surface area contributed by atoms with Crippen LogP contribution in [-0.4, -0.2) is 40.6 Å². The molecule has 2 aromatic heterocycles. The van der Waals surface area contributed by atoms with Crippen LogP contribution in [0.25, 0.3) is 11.7 Å². The average Bonchev–Trinajstić information content (AvgIpc) is 2.59. The second kappa shape index (κ2) is 6.98. The van der Waals surface area contributed by atoms with Crippen LogP contribution in [0.1, 0.15) is 19.4 Å². The third kappa shape index (κ3) is 3.30. The molecule has 3 heterocycles. The molecule has 0 radical (unpaired) electrons. The summed E-state index contributed by atoms with van der Waals surface area (Å²) in [6.07, 6.45) is 2.72. The fourth-order valence-electron chi connectivity index (χ4n) is 3.11. The van der Waals surface area contributed by atoms with Gasteiger partial charge in [-0.3, -0.25) is 14.0 Å². The van der Waals surface area contributed by atoms with Gasteiger partial charge in [-0.1, -0.05) is 6.07 Å². The Hall–Kier alpha value is -3.18. The summed E-state index contributed by atoms with van der Waals surface area (Å²) in [7, 11) is 0. The van der Waals surface area contributed by atoms with Gasteiger partial charge in [0.15, 0.2) is 0 Å². The van der Waals surface area contributed by atoms with Crippen LogP contribution in [-0.2, 0) is 9.53 Å². The number of hydrogen-bond donors (Lipinski definition) is 1. The molecule has 2 aromatic rings. The van der Waals surface area contributed by atoms with Crippen molar-refractivity contribution in [2.24, 2.45) is 5.73 Å². The van der Waals surface area contributed by atoms with Crippen LogP contribution in [0, 0.1) is 11.3 Å². The Labute approximate surface area is 150 Å². The minimum Gasteiger partial charge on any atom is -0.372 e. The lowest BCUT2D eigenvalue weighted by Gasteiger charge is -2.36. The Kier molecular flexibility index (Phi) is 4.73. The highest BCUT2D eigenvalue weighted by molar-refractivity contribution is 6.01. The van der Waals surface area contributed by atoms with Crippen molar-refractivity contribution in [1.29, 1.82) is 5.26 Å². The van der Waals surface area contributed by atoms with Crippen molar-refractivity contribution in [3.8, 4) is 6.07 Å². The van der Waals surface area contributed by atoms with Crippen molar-refractivity contribution in [3.05, 3.63) is 45.9 Å². The Balaban J connectivity index is 2.26. The molecule has 0 aromatic carbocycles. The van der Waals surface area contributed by atoms with Gasteiger partial charge in [0.05, 0.1) is 17.8 Å². The quantitative estimate of drug-likeness (QED) is 0.642. The van der Waals surface area contributed by atoms with E-state index in [4.69, 9.17) is 15.7 Å². The number of pyridine rings is 1. The lowest BCUT2D eigenvalue weighted by molar-refractivity contribution is -0.114. The Morgan fingerprint density at radius 1 is 1.38 bits per heavy atom. The van der Waals surface area contributed by atoms with Gasteiger partial charge in [-0.15, -0.1) is 0 Å². The predicted molar refractivity (Wildman–Crippen MR) is 96.5 cm³/mol. The number of amides is 1. The van der Waals surface area contributed by atoms with Crippen molar-refractivity contribution in [3.63, 3.8) is 0 Å². The van der Waals surface area contributed by atoms with E-state index in [9.17, 15) is 9.59 Å². The number of nitriles is 1. The van der Waals surface area contributed by atoms with Gasteiger partial charge in [-0.05, 0) is 32.1 Å². The molecule has 1 aliphatic heterocycles. The van der Waals surface area contributed by atoms with Crippen molar-refractivity contribution in [2.75, 3.05) is 18.0 Å². The molecule has 134 valence electrons. The van der Waals surface area contributed by atoms with E-state index in [0.29, 0.717) is 24.6 Å². The van der Waals surface area contributed by atoms with Crippen molar-refractivity contribution in [1.82, 2.24) is 9.38 Å². The van der Waals surface area contributed by atoms with Gasteiger partial charge in [0.2, 0.25) is 0 Å². The fraction of sp³-hybridized carbons (Fsp3) is 0.333. The summed E-state index contributed by atoms with van der Waals surface area (Å²) in [6.45, 7) is 4.96. The molecule has 2 atom stereocenters. The number of rotatable bonds is 3. The molecule has 0 unspecified atom stereocenters. The number of primary amides is 1. The van der Waals surface area contributed by atoms with E-state index in [2.05, 4.69) is 4.98 Å². The molecule has 1 amide bonds. The molecule has 0 saturated carbocycles. The molecule has 3 rings (SSSR count). The molecule has 8 heteroatoms.